The predicted octanol–water partition coefficient (Wildman–Crippen LogP) is 3.75. The van der Waals surface area contributed by atoms with Crippen molar-refractivity contribution < 1.29 is 13.9 Å². The van der Waals surface area contributed by atoms with E-state index in [1.54, 1.807) is 7.11 Å². The van der Waals surface area contributed by atoms with E-state index in [0.717, 1.165) is 43.6 Å². The molecule has 1 rings (SSSR count). The van der Waals surface area contributed by atoms with Crippen molar-refractivity contribution in [2.75, 3.05) is 32.3 Å². The van der Waals surface area contributed by atoms with Gasteiger partial charge in [-0.25, -0.2) is 4.39 Å². The van der Waals surface area contributed by atoms with E-state index in [2.05, 4.69) is 15.9 Å². The van der Waals surface area contributed by atoms with Crippen LogP contribution in [-0.2, 0) is 9.47 Å². The van der Waals surface area contributed by atoms with Crippen molar-refractivity contribution in [3.05, 3.63) is 35.6 Å². The van der Waals surface area contributed by atoms with Gasteiger partial charge in [0.15, 0.2) is 0 Å². The molecule has 0 aliphatic carbocycles. The van der Waals surface area contributed by atoms with Crippen molar-refractivity contribution in [2.24, 2.45) is 0 Å². The summed E-state index contributed by atoms with van der Waals surface area (Å²) < 4.78 is 23.3. The average Bonchev–Trinajstić information content (AvgIpc) is 2.39. The Balaban J connectivity index is 2.27. The molecule has 0 bridgehead atoms. The molecule has 1 atom stereocenters. The van der Waals surface area contributed by atoms with E-state index in [1.807, 2.05) is 12.1 Å². The molecule has 0 aromatic heterocycles. The summed E-state index contributed by atoms with van der Waals surface area (Å²) in [5.41, 5.74) is 1.15. The third-order valence-electron chi connectivity index (χ3n) is 2.78. The van der Waals surface area contributed by atoms with Crippen LogP contribution in [0.25, 0.3) is 0 Å². The minimum Gasteiger partial charge on any atom is -0.385 e. The molecule has 0 saturated carbocycles. The van der Waals surface area contributed by atoms with Gasteiger partial charge in [-0.2, -0.15) is 0 Å². The van der Waals surface area contributed by atoms with Crippen LogP contribution >= 0.6 is 15.9 Å². The lowest BCUT2D eigenvalue weighted by atomic mass is 9.98. The predicted molar refractivity (Wildman–Crippen MR) is 74.9 cm³/mol. The zero-order chi connectivity index (χ0) is 13.2. The molecular weight excluding hydrogens is 299 g/mol. The van der Waals surface area contributed by atoms with E-state index >= 15 is 0 Å². The Kier molecular flexibility index (Phi) is 8.22. The molecule has 4 heteroatoms. The Morgan fingerprint density at radius 3 is 2.50 bits per heavy atom. The highest BCUT2D eigenvalue weighted by Gasteiger charge is 2.10. The minimum absolute atomic E-state index is 0.192. The lowest BCUT2D eigenvalue weighted by Crippen LogP contribution is -2.07. The minimum atomic E-state index is -0.192. The molecule has 0 heterocycles. The Bertz CT molecular complexity index is 316. The van der Waals surface area contributed by atoms with Crippen LogP contribution in [0, 0.1) is 5.82 Å². The molecule has 1 aromatic rings. The van der Waals surface area contributed by atoms with Crippen LogP contribution in [0.3, 0.4) is 0 Å². The van der Waals surface area contributed by atoms with Crippen molar-refractivity contribution >= 4 is 15.9 Å². The van der Waals surface area contributed by atoms with Gasteiger partial charge < -0.3 is 9.47 Å². The highest BCUT2D eigenvalue weighted by atomic mass is 79.9. The van der Waals surface area contributed by atoms with Crippen molar-refractivity contribution in [3.8, 4) is 0 Å². The largest absolute Gasteiger partial charge is 0.385 e. The molecule has 0 fully saturated rings. The van der Waals surface area contributed by atoms with Gasteiger partial charge in [-0.1, -0.05) is 28.1 Å². The van der Waals surface area contributed by atoms with Crippen LogP contribution in [0.2, 0.25) is 0 Å². The second-order valence-electron chi connectivity index (χ2n) is 4.15. The quantitative estimate of drug-likeness (QED) is 0.510. The summed E-state index contributed by atoms with van der Waals surface area (Å²) in [6, 6.07) is 6.69. The van der Waals surface area contributed by atoms with E-state index in [9.17, 15) is 4.39 Å². The monoisotopic (exact) mass is 318 g/mol. The first-order valence-electron chi connectivity index (χ1n) is 6.16. The molecule has 0 spiro atoms. The van der Waals surface area contributed by atoms with Gasteiger partial charge in [0.05, 0.1) is 0 Å². The first-order chi connectivity index (χ1) is 8.77. The van der Waals surface area contributed by atoms with Gasteiger partial charge in [-0.15, -0.1) is 0 Å². The standard InChI is InChI=1S/C14H20BrFO2/c1-17-8-2-9-18-10-7-13(11-15)12-3-5-14(16)6-4-12/h3-6,13H,2,7-11H2,1H3. The fourth-order valence-corrected chi connectivity index (χ4v) is 2.40. The van der Waals surface area contributed by atoms with Crippen LogP contribution in [0.15, 0.2) is 24.3 Å². The molecule has 102 valence electrons. The van der Waals surface area contributed by atoms with E-state index < -0.39 is 0 Å². The van der Waals surface area contributed by atoms with Crippen molar-refractivity contribution in [1.29, 1.82) is 0 Å². The number of rotatable bonds is 9. The second kappa shape index (κ2) is 9.48. The van der Waals surface area contributed by atoms with E-state index in [4.69, 9.17) is 9.47 Å². The SMILES string of the molecule is COCCCOCCC(CBr)c1ccc(F)cc1. The lowest BCUT2D eigenvalue weighted by Gasteiger charge is -2.14. The number of ether oxygens (including phenoxy) is 2. The summed E-state index contributed by atoms with van der Waals surface area (Å²) in [7, 11) is 1.69. The van der Waals surface area contributed by atoms with Crippen LogP contribution in [-0.4, -0.2) is 32.3 Å². The number of alkyl halides is 1. The number of hydrogen-bond donors (Lipinski definition) is 0. The van der Waals surface area contributed by atoms with Crippen molar-refractivity contribution in [3.63, 3.8) is 0 Å². The maximum atomic E-state index is 12.8. The number of benzene rings is 1. The summed E-state index contributed by atoms with van der Waals surface area (Å²) in [4.78, 5) is 0. The van der Waals surface area contributed by atoms with Crippen LogP contribution < -0.4 is 0 Å². The average molecular weight is 319 g/mol. The van der Waals surface area contributed by atoms with E-state index in [1.165, 1.54) is 12.1 Å². The summed E-state index contributed by atoms with van der Waals surface area (Å²) >= 11 is 3.50. The summed E-state index contributed by atoms with van der Waals surface area (Å²) in [6.07, 6.45) is 1.86. The molecule has 0 aliphatic rings. The summed E-state index contributed by atoms with van der Waals surface area (Å²) in [5, 5.41) is 0.861. The fraction of sp³-hybridized carbons (Fsp3) is 0.571. The molecule has 0 N–H and O–H groups in total. The Morgan fingerprint density at radius 1 is 1.17 bits per heavy atom. The smallest absolute Gasteiger partial charge is 0.123 e. The molecule has 1 aromatic carbocycles. The van der Waals surface area contributed by atoms with E-state index in [0.29, 0.717) is 5.92 Å². The number of hydrogen-bond acceptors (Lipinski definition) is 2. The highest BCUT2D eigenvalue weighted by Crippen LogP contribution is 2.22. The fourth-order valence-electron chi connectivity index (χ4n) is 1.70. The molecule has 0 aliphatic heterocycles. The second-order valence-corrected chi connectivity index (χ2v) is 4.80. The Labute approximate surface area is 117 Å². The molecule has 0 radical (unpaired) electrons. The van der Waals surface area contributed by atoms with Gasteiger partial charge >= 0.3 is 0 Å². The third kappa shape index (κ3) is 5.94. The zero-order valence-electron chi connectivity index (χ0n) is 10.7. The van der Waals surface area contributed by atoms with Gasteiger partial charge in [0, 0.05) is 32.3 Å². The number of halogens is 2. The highest BCUT2D eigenvalue weighted by molar-refractivity contribution is 9.09. The Hall–Kier alpha value is -0.450. The first-order valence-corrected chi connectivity index (χ1v) is 7.28. The normalized spacial score (nSPS) is 12.6. The summed E-state index contributed by atoms with van der Waals surface area (Å²) in [6.45, 7) is 2.18. The molecule has 0 amide bonds. The van der Waals surface area contributed by atoms with Gasteiger partial charge in [-0.3, -0.25) is 0 Å². The molecular formula is C14H20BrFO2. The molecule has 0 saturated heterocycles. The van der Waals surface area contributed by atoms with Crippen LogP contribution in [0.4, 0.5) is 4.39 Å². The van der Waals surface area contributed by atoms with Crippen LogP contribution in [0.5, 0.6) is 0 Å². The Morgan fingerprint density at radius 2 is 1.89 bits per heavy atom. The molecule has 1 unspecified atom stereocenters. The molecule has 18 heavy (non-hydrogen) atoms. The van der Waals surface area contributed by atoms with Gasteiger partial charge in [0.1, 0.15) is 5.82 Å². The maximum Gasteiger partial charge on any atom is 0.123 e. The van der Waals surface area contributed by atoms with Gasteiger partial charge in [0.2, 0.25) is 0 Å². The number of methoxy groups -OCH3 is 1. The lowest BCUT2D eigenvalue weighted by molar-refractivity contribution is 0.0991. The third-order valence-corrected chi connectivity index (χ3v) is 3.56. The van der Waals surface area contributed by atoms with Gasteiger partial charge in [-0.05, 0) is 36.5 Å². The van der Waals surface area contributed by atoms with Gasteiger partial charge in [0.25, 0.3) is 0 Å². The van der Waals surface area contributed by atoms with E-state index in [-0.39, 0.29) is 5.82 Å². The first kappa shape index (κ1) is 15.6. The topological polar surface area (TPSA) is 18.5 Å². The summed E-state index contributed by atoms with van der Waals surface area (Å²) in [5.74, 6) is 0.177. The van der Waals surface area contributed by atoms with Crippen molar-refractivity contribution in [1.82, 2.24) is 0 Å². The zero-order valence-corrected chi connectivity index (χ0v) is 12.3. The maximum absolute atomic E-state index is 12.8. The molecule has 2 nitrogen and oxygen atoms in total. The van der Waals surface area contributed by atoms with Crippen molar-refractivity contribution in [2.45, 2.75) is 18.8 Å². The van der Waals surface area contributed by atoms with Crippen LogP contribution in [0.1, 0.15) is 24.3 Å².